The van der Waals surface area contributed by atoms with Crippen molar-refractivity contribution >= 4 is 21.8 Å². The zero-order valence-electron chi connectivity index (χ0n) is 31.0. The number of ether oxygens (including phenoxy) is 1. The molecule has 0 aliphatic rings. The molecule has 0 saturated heterocycles. The third-order valence-corrected chi connectivity index (χ3v) is 9.96. The molecule has 0 N–H and O–H groups in total. The molecule has 3 aromatic heterocycles. The molecular weight excluding hydrogens is 613 g/mol. The minimum absolute atomic E-state index is 0.0952. The van der Waals surface area contributed by atoms with Crippen LogP contribution in [0.15, 0.2) is 91.1 Å². The van der Waals surface area contributed by atoms with Gasteiger partial charge in [0.25, 0.3) is 0 Å². The van der Waals surface area contributed by atoms with Crippen LogP contribution in [0.5, 0.6) is 11.5 Å². The smallest absolute Gasteiger partial charge is 0.137 e. The van der Waals surface area contributed by atoms with Crippen LogP contribution in [0.25, 0.3) is 44.4 Å². The first-order valence-electron chi connectivity index (χ1n) is 17.9. The molecule has 0 bridgehead atoms. The van der Waals surface area contributed by atoms with Crippen LogP contribution in [0, 0.1) is 34.6 Å². The maximum Gasteiger partial charge on any atom is 0.137 e. The van der Waals surface area contributed by atoms with E-state index < -0.39 is 0 Å². The number of hydrogen-bond donors (Lipinski definition) is 0. The van der Waals surface area contributed by atoms with Gasteiger partial charge in [-0.3, -0.25) is 4.57 Å². The van der Waals surface area contributed by atoms with Crippen molar-refractivity contribution in [2.45, 2.75) is 87.0 Å². The lowest BCUT2D eigenvalue weighted by atomic mass is 9.86. The molecule has 0 radical (unpaired) electrons. The Morgan fingerprint density at radius 1 is 0.720 bits per heavy atom. The average Bonchev–Trinajstić information content (AvgIpc) is 3.56. The van der Waals surface area contributed by atoms with Gasteiger partial charge in [-0.15, -0.1) is 0 Å². The first kappa shape index (κ1) is 33.3. The summed E-state index contributed by atoms with van der Waals surface area (Å²) >= 11 is 0. The Hall–Kier alpha value is -5.16. The zero-order valence-corrected chi connectivity index (χ0v) is 31.0. The Balaban J connectivity index is 1.34. The summed E-state index contributed by atoms with van der Waals surface area (Å²) < 4.78 is 11.1. The maximum atomic E-state index is 6.79. The standard InChI is InChI=1S/C45H48N4O/c1-10-11-14-33-19-20-46-42(23-33)48-40-16-13-12-15-38(40)39-18-17-36(27-41(39)48)50-37-25-34(45(7,8)9)24-35(26-37)49-32(6)44(31(5)47-49)43-29(3)21-28(2)22-30(43)4/h12-13,15-27H,10-11,14H2,1-9H3. The van der Waals surface area contributed by atoms with Gasteiger partial charge in [-0.2, -0.15) is 5.10 Å². The van der Waals surface area contributed by atoms with Gasteiger partial charge in [0.05, 0.1) is 22.4 Å². The summed E-state index contributed by atoms with van der Waals surface area (Å²) in [6, 6.07) is 30.4. The van der Waals surface area contributed by atoms with Gasteiger partial charge < -0.3 is 4.74 Å². The fourth-order valence-corrected chi connectivity index (χ4v) is 7.54. The van der Waals surface area contributed by atoms with E-state index in [-0.39, 0.29) is 5.41 Å². The quantitative estimate of drug-likeness (QED) is 0.163. The minimum Gasteiger partial charge on any atom is -0.457 e. The third kappa shape index (κ3) is 6.10. The summed E-state index contributed by atoms with van der Waals surface area (Å²) in [6.07, 6.45) is 5.31. The van der Waals surface area contributed by atoms with Crippen LogP contribution in [0.4, 0.5) is 0 Å². The van der Waals surface area contributed by atoms with Crippen LogP contribution in [-0.2, 0) is 11.8 Å². The number of aromatic nitrogens is 4. The van der Waals surface area contributed by atoms with Crippen LogP contribution in [-0.4, -0.2) is 19.3 Å². The monoisotopic (exact) mass is 660 g/mol. The number of fused-ring (bicyclic) bond motifs is 3. The van der Waals surface area contributed by atoms with Crippen molar-refractivity contribution in [1.82, 2.24) is 19.3 Å². The maximum absolute atomic E-state index is 6.79. The molecule has 5 heteroatoms. The van der Waals surface area contributed by atoms with E-state index in [0.29, 0.717) is 0 Å². The lowest BCUT2D eigenvalue weighted by Crippen LogP contribution is -2.12. The molecule has 7 rings (SSSR count). The average molecular weight is 661 g/mol. The highest BCUT2D eigenvalue weighted by Crippen LogP contribution is 2.39. The SMILES string of the molecule is CCCCc1ccnc(-n2c3ccccc3c3ccc(Oc4cc(-n5nc(C)c(-c6c(C)cc(C)cc6C)c5C)cc(C(C)(C)C)c4)cc32)c1. The summed E-state index contributed by atoms with van der Waals surface area (Å²) in [6.45, 7) is 19.8. The van der Waals surface area contributed by atoms with Gasteiger partial charge in [0, 0.05) is 40.4 Å². The van der Waals surface area contributed by atoms with Crippen LogP contribution in [0.1, 0.15) is 79.7 Å². The van der Waals surface area contributed by atoms with Crippen LogP contribution in [0.2, 0.25) is 0 Å². The summed E-state index contributed by atoms with van der Waals surface area (Å²) in [4.78, 5) is 4.85. The highest BCUT2D eigenvalue weighted by molar-refractivity contribution is 6.09. The first-order chi connectivity index (χ1) is 23.9. The topological polar surface area (TPSA) is 44.9 Å². The lowest BCUT2D eigenvalue weighted by molar-refractivity contribution is 0.478. The van der Waals surface area contributed by atoms with Gasteiger partial charge in [0.15, 0.2) is 0 Å². The zero-order chi connectivity index (χ0) is 35.3. The molecule has 0 spiro atoms. The molecule has 0 unspecified atom stereocenters. The molecule has 4 aromatic carbocycles. The fraction of sp³-hybridized carbons (Fsp3) is 0.289. The normalized spacial score (nSPS) is 11.9. The van der Waals surface area contributed by atoms with Gasteiger partial charge in [0.1, 0.15) is 17.3 Å². The Morgan fingerprint density at radius 2 is 1.46 bits per heavy atom. The van der Waals surface area contributed by atoms with Crippen molar-refractivity contribution in [1.29, 1.82) is 0 Å². The van der Waals surface area contributed by atoms with E-state index in [1.165, 1.54) is 56.1 Å². The number of benzene rings is 4. The largest absolute Gasteiger partial charge is 0.457 e. The van der Waals surface area contributed by atoms with E-state index in [9.17, 15) is 0 Å². The Bertz CT molecular complexity index is 2360. The molecule has 0 saturated carbocycles. The molecular formula is C45H48N4O. The molecule has 3 heterocycles. The van der Waals surface area contributed by atoms with Crippen molar-refractivity contribution in [2.24, 2.45) is 0 Å². The minimum atomic E-state index is -0.0952. The number of para-hydroxylation sites is 1. The molecule has 50 heavy (non-hydrogen) atoms. The van der Waals surface area contributed by atoms with Crippen molar-refractivity contribution in [3.05, 3.63) is 130 Å². The second-order valence-electron chi connectivity index (χ2n) is 15.0. The van der Waals surface area contributed by atoms with Crippen molar-refractivity contribution in [3.8, 4) is 34.1 Å². The number of hydrogen-bond acceptors (Lipinski definition) is 3. The first-order valence-corrected chi connectivity index (χ1v) is 17.9. The molecule has 0 aliphatic carbocycles. The lowest BCUT2D eigenvalue weighted by Gasteiger charge is -2.22. The van der Waals surface area contributed by atoms with Gasteiger partial charge in [-0.25, -0.2) is 9.67 Å². The van der Waals surface area contributed by atoms with Crippen molar-refractivity contribution in [2.75, 3.05) is 0 Å². The summed E-state index contributed by atoms with van der Waals surface area (Å²) in [5.41, 5.74) is 14.0. The van der Waals surface area contributed by atoms with Crippen LogP contribution >= 0.6 is 0 Å². The van der Waals surface area contributed by atoms with Crippen LogP contribution < -0.4 is 4.74 Å². The number of aryl methyl sites for hydroxylation is 5. The van der Waals surface area contributed by atoms with Gasteiger partial charge >= 0.3 is 0 Å². The second kappa shape index (κ2) is 12.9. The highest BCUT2D eigenvalue weighted by atomic mass is 16.5. The molecule has 0 amide bonds. The second-order valence-corrected chi connectivity index (χ2v) is 15.0. The molecule has 0 atom stereocenters. The third-order valence-electron chi connectivity index (χ3n) is 9.96. The Morgan fingerprint density at radius 3 is 2.20 bits per heavy atom. The molecule has 0 fully saturated rings. The van der Waals surface area contributed by atoms with Gasteiger partial charge in [-0.05, 0) is 123 Å². The highest BCUT2D eigenvalue weighted by Gasteiger charge is 2.22. The molecule has 0 aliphatic heterocycles. The van der Waals surface area contributed by atoms with Gasteiger partial charge in [-0.1, -0.05) is 70.0 Å². The fourth-order valence-electron chi connectivity index (χ4n) is 7.54. The van der Waals surface area contributed by atoms with E-state index in [1.54, 1.807) is 0 Å². The summed E-state index contributed by atoms with van der Waals surface area (Å²) in [5, 5.41) is 7.50. The predicted molar refractivity (Wildman–Crippen MR) is 209 cm³/mol. The van der Waals surface area contributed by atoms with E-state index in [4.69, 9.17) is 14.8 Å². The number of unbranched alkanes of at least 4 members (excludes halogenated alkanes) is 1. The van der Waals surface area contributed by atoms with Crippen molar-refractivity contribution in [3.63, 3.8) is 0 Å². The summed E-state index contributed by atoms with van der Waals surface area (Å²) in [7, 11) is 0. The number of rotatable bonds is 8. The van der Waals surface area contributed by atoms with E-state index in [1.807, 2.05) is 6.20 Å². The molecule has 7 aromatic rings. The van der Waals surface area contributed by atoms with Gasteiger partial charge in [0.2, 0.25) is 0 Å². The van der Waals surface area contributed by atoms with Crippen LogP contribution in [0.3, 0.4) is 0 Å². The van der Waals surface area contributed by atoms with E-state index in [2.05, 4.69) is 156 Å². The Labute approximate surface area is 296 Å². The Kier molecular flexibility index (Phi) is 8.63. The number of pyridine rings is 1. The summed E-state index contributed by atoms with van der Waals surface area (Å²) in [5.74, 6) is 2.49. The molecule has 254 valence electrons. The van der Waals surface area contributed by atoms with E-state index >= 15 is 0 Å². The number of nitrogens with zero attached hydrogens (tertiary/aromatic N) is 4. The van der Waals surface area contributed by atoms with Crippen molar-refractivity contribution < 1.29 is 4.74 Å². The predicted octanol–water partition coefficient (Wildman–Crippen LogP) is 12.0. The molecule has 5 nitrogen and oxygen atoms in total. The van der Waals surface area contributed by atoms with E-state index in [0.717, 1.165) is 58.3 Å².